The van der Waals surface area contributed by atoms with Crippen LogP contribution >= 0.6 is 22.6 Å². The molecule has 3 heterocycles. The van der Waals surface area contributed by atoms with Crippen LogP contribution in [0.25, 0.3) is 22.6 Å². The number of aromatic nitrogens is 4. The van der Waals surface area contributed by atoms with Crippen molar-refractivity contribution in [1.82, 2.24) is 24.8 Å². The highest BCUT2D eigenvalue weighted by Gasteiger charge is 2.22. The third-order valence-electron chi connectivity index (χ3n) is 6.76. The lowest BCUT2D eigenvalue weighted by atomic mass is 9.99. The lowest BCUT2D eigenvalue weighted by molar-refractivity contribution is -0.118. The second kappa shape index (κ2) is 11.9. The maximum absolute atomic E-state index is 13.6. The van der Waals surface area contributed by atoms with Gasteiger partial charge in [-0.3, -0.25) is 4.79 Å². The Bertz CT molecular complexity index is 1500. The third-order valence-corrected chi connectivity index (χ3v) is 7.70. The van der Waals surface area contributed by atoms with Gasteiger partial charge >= 0.3 is 0 Å². The summed E-state index contributed by atoms with van der Waals surface area (Å²) >= 11 is 2.29. The van der Waals surface area contributed by atoms with Crippen molar-refractivity contribution in [3.8, 4) is 11.4 Å². The summed E-state index contributed by atoms with van der Waals surface area (Å²) in [7, 11) is 0. The molecule has 0 unspecified atom stereocenters. The Morgan fingerprint density at radius 2 is 2.03 bits per heavy atom. The summed E-state index contributed by atoms with van der Waals surface area (Å²) in [6, 6.07) is 9.60. The van der Waals surface area contributed by atoms with E-state index >= 15 is 0 Å². The van der Waals surface area contributed by atoms with Gasteiger partial charge in [0, 0.05) is 33.8 Å². The van der Waals surface area contributed by atoms with Crippen LogP contribution in [0.5, 0.6) is 0 Å². The van der Waals surface area contributed by atoms with Crippen molar-refractivity contribution >= 4 is 51.3 Å². The van der Waals surface area contributed by atoms with Gasteiger partial charge in [0.05, 0.1) is 6.20 Å². The minimum Gasteiger partial charge on any atom is -0.350 e. The van der Waals surface area contributed by atoms with Crippen molar-refractivity contribution in [2.24, 2.45) is 11.8 Å². The first-order valence-corrected chi connectivity index (χ1v) is 14.1. The number of anilines is 2. The monoisotopic (exact) mass is 645 g/mol. The first-order valence-electron chi connectivity index (χ1n) is 13.0. The molecule has 1 atom stereocenters. The molecule has 0 saturated carbocycles. The van der Waals surface area contributed by atoms with Gasteiger partial charge in [-0.1, -0.05) is 19.9 Å². The highest BCUT2D eigenvalue weighted by molar-refractivity contribution is 14.1. The zero-order valence-electron chi connectivity index (χ0n) is 21.8. The van der Waals surface area contributed by atoms with Crippen molar-refractivity contribution in [2.75, 3.05) is 23.7 Å². The first kappa shape index (κ1) is 27.4. The van der Waals surface area contributed by atoms with Crippen LogP contribution in [-0.2, 0) is 17.9 Å². The summed E-state index contributed by atoms with van der Waals surface area (Å²) in [6.07, 6.45) is 3.88. The average Bonchev–Trinajstić information content (AvgIpc) is 3.28. The molecule has 1 fully saturated rings. The summed E-state index contributed by atoms with van der Waals surface area (Å²) in [5, 5.41) is 9.58. The fraction of sp³-hybridized carbons (Fsp3) is 0.357. The largest absolute Gasteiger partial charge is 0.350 e. The normalized spacial score (nSPS) is 15.6. The van der Waals surface area contributed by atoms with Crippen LogP contribution in [0, 0.1) is 27.0 Å². The minimum atomic E-state index is -0.893. The molecule has 11 heteroatoms. The number of fused-ring (bicyclic) bond motifs is 1. The van der Waals surface area contributed by atoms with Gasteiger partial charge in [0.15, 0.2) is 17.3 Å². The molecule has 8 nitrogen and oxygen atoms in total. The molecule has 204 valence electrons. The number of hydrogen-bond acceptors (Lipinski definition) is 6. The number of benzene rings is 2. The Hall–Kier alpha value is -3.19. The maximum Gasteiger partial charge on any atom is 0.226 e. The fourth-order valence-corrected chi connectivity index (χ4v) is 5.19. The van der Waals surface area contributed by atoms with Crippen LogP contribution in [0.3, 0.4) is 0 Å². The van der Waals surface area contributed by atoms with E-state index in [0.717, 1.165) is 59.6 Å². The number of hydrogen-bond donors (Lipinski definition) is 3. The molecule has 0 radical (unpaired) electrons. The van der Waals surface area contributed by atoms with Gasteiger partial charge in [-0.2, -0.15) is 4.98 Å². The number of nitrogens with zero attached hydrogens (tertiary/aromatic N) is 4. The topological polar surface area (TPSA) is 96.8 Å². The fourth-order valence-electron chi connectivity index (χ4n) is 4.61. The van der Waals surface area contributed by atoms with E-state index in [4.69, 9.17) is 9.97 Å². The van der Waals surface area contributed by atoms with E-state index in [2.05, 4.69) is 48.1 Å². The molecule has 0 spiro atoms. The zero-order valence-corrected chi connectivity index (χ0v) is 23.9. The molecule has 4 aromatic rings. The SMILES string of the molecule is CC(C)C(=O)Nc1ccc(I)c(-c2nc3cnc(NCc4ccc(F)c(F)c4)nc3n2C[C@@H]2CCCNC2)c1. The van der Waals surface area contributed by atoms with Gasteiger partial charge in [0.25, 0.3) is 0 Å². The van der Waals surface area contributed by atoms with E-state index in [-0.39, 0.29) is 18.4 Å². The van der Waals surface area contributed by atoms with E-state index in [1.54, 1.807) is 6.20 Å². The quantitative estimate of drug-likeness (QED) is 0.217. The molecule has 1 aliphatic heterocycles. The zero-order chi connectivity index (χ0) is 27.5. The number of carbonyl (C=O) groups is 1. The Labute approximate surface area is 239 Å². The van der Waals surface area contributed by atoms with Crippen LogP contribution in [0.15, 0.2) is 42.6 Å². The minimum absolute atomic E-state index is 0.0495. The smallest absolute Gasteiger partial charge is 0.226 e. The van der Waals surface area contributed by atoms with E-state index < -0.39 is 11.6 Å². The molecule has 2 aromatic carbocycles. The molecule has 2 aromatic heterocycles. The van der Waals surface area contributed by atoms with Crippen LogP contribution in [0.4, 0.5) is 20.4 Å². The van der Waals surface area contributed by atoms with Gasteiger partial charge in [-0.15, -0.1) is 0 Å². The molecule has 1 aliphatic rings. The van der Waals surface area contributed by atoms with Gasteiger partial charge in [0.1, 0.15) is 11.3 Å². The van der Waals surface area contributed by atoms with Gasteiger partial charge in [-0.25, -0.2) is 18.7 Å². The summed E-state index contributed by atoms with van der Waals surface area (Å²) in [5.74, 6) is -0.425. The Balaban J connectivity index is 1.51. The molecule has 3 N–H and O–H groups in total. The van der Waals surface area contributed by atoms with Crippen molar-refractivity contribution in [3.05, 3.63) is 63.4 Å². The Morgan fingerprint density at radius 3 is 2.77 bits per heavy atom. The Kier molecular flexibility index (Phi) is 8.36. The maximum atomic E-state index is 13.6. The standard InChI is InChI=1S/C28H30F2IN7O/c1-16(2)27(39)35-19-6-8-23(31)20(11-19)25-36-24-14-34-28(33-13-17-5-7-21(29)22(30)10-17)37-26(24)38(25)15-18-4-3-9-32-12-18/h5-8,10-11,14,16,18,32H,3-4,9,12-13,15H2,1-2H3,(H,35,39)(H,33,34,37)/t18-/m1/s1. The number of piperidine rings is 1. The molecule has 5 rings (SSSR count). The summed E-state index contributed by atoms with van der Waals surface area (Å²) < 4.78 is 30.1. The molecule has 0 aliphatic carbocycles. The lowest BCUT2D eigenvalue weighted by Gasteiger charge is -2.24. The van der Waals surface area contributed by atoms with Gasteiger partial charge in [0.2, 0.25) is 11.9 Å². The van der Waals surface area contributed by atoms with Crippen molar-refractivity contribution in [2.45, 2.75) is 39.8 Å². The molecule has 0 bridgehead atoms. The third kappa shape index (κ3) is 6.35. The van der Waals surface area contributed by atoms with E-state index in [1.807, 2.05) is 32.0 Å². The average molecular weight is 645 g/mol. The van der Waals surface area contributed by atoms with E-state index in [9.17, 15) is 13.6 Å². The predicted octanol–water partition coefficient (Wildman–Crippen LogP) is 5.58. The first-order chi connectivity index (χ1) is 18.8. The number of amides is 1. The van der Waals surface area contributed by atoms with Crippen LogP contribution in [0.1, 0.15) is 32.3 Å². The van der Waals surface area contributed by atoms with E-state index in [0.29, 0.717) is 34.3 Å². The number of carbonyl (C=O) groups excluding carboxylic acids is 1. The number of imidazole rings is 1. The highest BCUT2D eigenvalue weighted by Crippen LogP contribution is 2.32. The van der Waals surface area contributed by atoms with E-state index in [1.165, 1.54) is 6.07 Å². The second-order valence-electron chi connectivity index (χ2n) is 10.1. The van der Waals surface area contributed by atoms with Crippen LogP contribution in [-0.4, -0.2) is 38.5 Å². The van der Waals surface area contributed by atoms with Crippen LogP contribution < -0.4 is 16.0 Å². The summed E-state index contributed by atoms with van der Waals surface area (Å²) in [4.78, 5) is 26.5. The number of rotatable bonds is 8. The van der Waals surface area contributed by atoms with Crippen molar-refractivity contribution in [1.29, 1.82) is 0 Å². The van der Waals surface area contributed by atoms with Gasteiger partial charge in [-0.05, 0) is 90.3 Å². The van der Waals surface area contributed by atoms with Crippen LogP contribution in [0.2, 0.25) is 0 Å². The highest BCUT2D eigenvalue weighted by atomic mass is 127. The van der Waals surface area contributed by atoms with Crippen molar-refractivity contribution in [3.63, 3.8) is 0 Å². The van der Waals surface area contributed by atoms with Crippen molar-refractivity contribution < 1.29 is 13.6 Å². The molecule has 39 heavy (non-hydrogen) atoms. The molecular formula is C28H30F2IN7O. The molecular weight excluding hydrogens is 615 g/mol. The molecule has 1 amide bonds. The lowest BCUT2D eigenvalue weighted by Crippen LogP contribution is -2.32. The molecule has 1 saturated heterocycles. The second-order valence-corrected chi connectivity index (χ2v) is 11.3. The summed E-state index contributed by atoms with van der Waals surface area (Å²) in [5.41, 5.74) is 3.53. The number of nitrogens with one attached hydrogen (secondary N) is 3. The summed E-state index contributed by atoms with van der Waals surface area (Å²) in [6.45, 7) is 6.61. The Morgan fingerprint density at radius 1 is 1.18 bits per heavy atom. The van der Waals surface area contributed by atoms with Gasteiger partial charge < -0.3 is 20.5 Å². The number of halogens is 3. The predicted molar refractivity (Wildman–Crippen MR) is 156 cm³/mol.